The molecule has 1 aliphatic carbocycles. The van der Waals surface area contributed by atoms with Crippen LogP contribution in [-0.4, -0.2) is 42.8 Å². The van der Waals surface area contributed by atoms with Crippen molar-refractivity contribution in [1.29, 1.82) is 0 Å². The number of hydrogen-bond acceptors (Lipinski definition) is 3. The summed E-state index contributed by atoms with van der Waals surface area (Å²) in [4.78, 5) is 2.60. The van der Waals surface area contributed by atoms with Gasteiger partial charge in [-0.1, -0.05) is 32.1 Å². The molecule has 106 valence electrons. The Kier molecular flexibility index (Phi) is 5.46. The Labute approximate surface area is 112 Å². The highest BCUT2D eigenvalue weighted by Gasteiger charge is 2.30. The van der Waals surface area contributed by atoms with Crippen molar-refractivity contribution in [3.05, 3.63) is 0 Å². The van der Waals surface area contributed by atoms with E-state index in [4.69, 9.17) is 10.5 Å². The van der Waals surface area contributed by atoms with Gasteiger partial charge in [-0.25, -0.2) is 0 Å². The molecule has 1 saturated carbocycles. The molecule has 0 bridgehead atoms. The maximum Gasteiger partial charge on any atom is 0.0674 e. The summed E-state index contributed by atoms with van der Waals surface area (Å²) in [6.07, 6.45) is 8.80. The van der Waals surface area contributed by atoms with Crippen molar-refractivity contribution >= 4 is 0 Å². The van der Waals surface area contributed by atoms with Crippen LogP contribution in [0.15, 0.2) is 0 Å². The topological polar surface area (TPSA) is 38.5 Å². The zero-order valence-electron chi connectivity index (χ0n) is 12.1. The molecule has 3 heteroatoms. The summed E-state index contributed by atoms with van der Waals surface area (Å²) < 4.78 is 5.72. The van der Waals surface area contributed by atoms with Crippen molar-refractivity contribution in [2.24, 2.45) is 11.7 Å². The van der Waals surface area contributed by atoms with E-state index in [9.17, 15) is 0 Å². The van der Waals surface area contributed by atoms with Crippen LogP contribution < -0.4 is 5.73 Å². The van der Waals surface area contributed by atoms with E-state index >= 15 is 0 Å². The zero-order chi connectivity index (χ0) is 13.0. The van der Waals surface area contributed by atoms with E-state index in [1.54, 1.807) is 0 Å². The summed E-state index contributed by atoms with van der Waals surface area (Å²) >= 11 is 0. The second-order valence-electron chi connectivity index (χ2n) is 6.32. The third-order valence-electron chi connectivity index (χ3n) is 4.73. The zero-order valence-corrected chi connectivity index (χ0v) is 12.1. The lowest BCUT2D eigenvalue weighted by molar-refractivity contribution is -0.0682. The molecule has 18 heavy (non-hydrogen) atoms. The third-order valence-corrected chi connectivity index (χ3v) is 4.73. The number of nitrogens with zero attached hydrogens (tertiary/aromatic N) is 1. The highest BCUT2D eigenvalue weighted by molar-refractivity contribution is 4.84. The normalized spacial score (nSPS) is 33.5. The van der Waals surface area contributed by atoms with Gasteiger partial charge in [-0.3, -0.25) is 4.90 Å². The fourth-order valence-corrected chi connectivity index (χ4v) is 3.61. The van der Waals surface area contributed by atoms with Crippen LogP contribution in [0, 0.1) is 5.92 Å². The first kappa shape index (κ1) is 14.3. The number of ether oxygens (including phenoxy) is 1. The van der Waals surface area contributed by atoms with Gasteiger partial charge in [-0.05, 0) is 26.2 Å². The quantitative estimate of drug-likeness (QED) is 0.837. The minimum atomic E-state index is 0.363. The lowest BCUT2D eigenvalue weighted by Crippen LogP contribution is -2.54. The Morgan fingerprint density at radius 1 is 1.22 bits per heavy atom. The highest BCUT2D eigenvalue weighted by Crippen LogP contribution is 2.29. The van der Waals surface area contributed by atoms with Crippen molar-refractivity contribution in [3.63, 3.8) is 0 Å². The molecule has 3 atom stereocenters. The van der Waals surface area contributed by atoms with Crippen LogP contribution in [0.25, 0.3) is 0 Å². The van der Waals surface area contributed by atoms with E-state index in [1.807, 2.05) is 0 Å². The first-order valence-electron chi connectivity index (χ1n) is 7.78. The molecule has 1 saturated heterocycles. The first-order chi connectivity index (χ1) is 8.70. The Hall–Kier alpha value is -0.120. The molecule has 0 spiro atoms. The van der Waals surface area contributed by atoms with E-state index in [2.05, 4.69) is 18.7 Å². The molecule has 2 N–H and O–H groups in total. The maximum atomic E-state index is 6.05. The Balaban J connectivity index is 1.89. The lowest BCUT2D eigenvalue weighted by atomic mass is 9.84. The maximum absolute atomic E-state index is 6.05. The summed E-state index contributed by atoms with van der Waals surface area (Å²) in [5, 5.41) is 0. The van der Waals surface area contributed by atoms with Crippen molar-refractivity contribution in [2.75, 3.05) is 19.7 Å². The third kappa shape index (κ3) is 3.69. The van der Waals surface area contributed by atoms with Crippen molar-refractivity contribution < 1.29 is 4.74 Å². The van der Waals surface area contributed by atoms with Crippen molar-refractivity contribution in [1.82, 2.24) is 4.90 Å². The van der Waals surface area contributed by atoms with E-state index in [1.165, 1.54) is 38.5 Å². The van der Waals surface area contributed by atoms with Crippen LogP contribution in [0.5, 0.6) is 0 Å². The summed E-state index contributed by atoms with van der Waals surface area (Å²) in [6.45, 7) is 7.16. The van der Waals surface area contributed by atoms with Crippen molar-refractivity contribution in [2.45, 2.75) is 70.6 Å². The van der Waals surface area contributed by atoms with Crippen LogP contribution >= 0.6 is 0 Å². The summed E-state index contributed by atoms with van der Waals surface area (Å²) in [5.74, 6) is 0.914. The van der Waals surface area contributed by atoms with Crippen LogP contribution in [0.4, 0.5) is 0 Å². The van der Waals surface area contributed by atoms with E-state index in [-0.39, 0.29) is 0 Å². The average molecular weight is 254 g/mol. The van der Waals surface area contributed by atoms with Gasteiger partial charge in [0.2, 0.25) is 0 Å². The molecule has 3 unspecified atom stereocenters. The van der Waals surface area contributed by atoms with Crippen LogP contribution in [0.2, 0.25) is 0 Å². The second kappa shape index (κ2) is 6.88. The Morgan fingerprint density at radius 3 is 2.61 bits per heavy atom. The fourth-order valence-electron chi connectivity index (χ4n) is 3.61. The molecule has 0 amide bonds. The number of rotatable bonds is 4. The molecule has 1 heterocycles. The fraction of sp³-hybridized carbons (Fsp3) is 1.00. The highest BCUT2D eigenvalue weighted by atomic mass is 16.5. The molecule has 2 rings (SSSR count). The molecule has 0 aromatic rings. The number of nitrogens with two attached hydrogens (primary N) is 1. The van der Waals surface area contributed by atoms with Gasteiger partial charge in [0.05, 0.1) is 12.7 Å². The number of morpholine rings is 1. The average Bonchev–Trinajstić information content (AvgIpc) is 2.40. The summed E-state index contributed by atoms with van der Waals surface area (Å²) in [5.41, 5.74) is 6.05. The molecule has 2 aliphatic rings. The van der Waals surface area contributed by atoms with Gasteiger partial charge >= 0.3 is 0 Å². The van der Waals surface area contributed by atoms with Crippen molar-refractivity contribution in [3.8, 4) is 0 Å². The van der Waals surface area contributed by atoms with Gasteiger partial charge in [0.1, 0.15) is 0 Å². The molecule has 3 nitrogen and oxygen atoms in total. The van der Waals surface area contributed by atoms with Gasteiger partial charge in [0.15, 0.2) is 0 Å². The monoisotopic (exact) mass is 254 g/mol. The lowest BCUT2D eigenvalue weighted by Gasteiger charge is -2.43. The van der Waals surface area contributed by atoms with Gasteiger partial charge in [-0.2, -0.15) is 0 Å². The smallest absolute Gasteiger partial charge is 0.0674 e. The molecular formula is C15H30N2O. The molecule has 2 fully saturated rings. The van der Waals surface area contributed by atoms with E-state index in [0.717, 1.165) is 25.6 Å². The van der Waals surface area contributed by atoms with Gasteiger partial charge in [0.25, 0.3) is 0 Å². The SMILES string of the molecule is CC1CN(C(CN)CC2CCCCC2)C(C)CO1. The Morgan fingerprint density at radius 2 is 1.94 bits per heavy atom. The largest absolute Gasteiger partial charge is 0.376 e. The minimum absolute atomic E-state index is 0.363. The molecule has 1 aliphatic heterocycles. The predicted octanol–water partition coefficient (Wildman–Crippen LogP) is 2.39. The standard InChI is InChI=1S/C15H30N2O/c1-12-11-18-13(2)10-17(12)15(9-16)8-14-6-4-3-5-7-14/h12-15H,3-11,16H2,1-2H3. The van der Waals surface area contributed by atoms with Gasteiger partial charge in [-0.15, -0.1) is 0 Å². The molecule has 0 aromatic carbocycles. The van der Waals surface area contributed by atoms with Crippen LogP contribution in [-0.2, 0) is 4.74 Å². The molecule has 0 aromatic heterocycles. The van der Waals surface area contributed by atoms with E-state index < -0.39 is 0 Å². The molecule has 0 radical (unpaired) electrons. The minimum Gasteiger partial charge on any atom is -0.376 e. The molecular weight excluding hydrogens is 224 g/mol. The summed E-state index contributed by atoms with van der Waals surface area (Å²) in [7, 11) is 0. The van der Waals surface area contributed by atoms with Crippen LogP contribution in [0.1, 0.15) is 52.4 Å². The van der Waals surface area contributed by atoms with Gasteiger partial charge in [0, 0.05) is 25.2 Å². The predicted molar refractivity (Wildman–Crippen MR) is 75.6 cm³/mol. The second-order valence-corrected chi connectivity index (χ2v) is 6.32. The van der Waals surface area contributed by atoms with E-state index in [0.29, 0.717) is 18.2 Å². The van der Waals surface area contributed by atoms with Gasteiger partial charge < -0.3 is 10.5 Å². The summed E-state index contributed by atoms with van der Waals surface area (Å²) in [6, 6.07) is 1.09. The first-order valence-corrected chi connectivity index (χ1v) is 7.78. The number of hydrogen-bond donors (Lipinski definition) is 1. The Bertz CT molecular complexity index is 241. The van der Waals surface area contributed by atoms with Crippen LogP contribution in [0.3, 0.4) is 0 Å².